The number of carbonyl (C=O) groups is 4. The molecule has 0 fully saturated rings. The summed E-state index contributed by atoms with van der Waals surface area (Å²) in [6.07, 6.45) is 0. The third-order valence-electron chi connectivity index (χ3n) is 2.99. The highest BCUT2D eigenvalue weighted by Crippen LogP contribution is 2.16. The minimum absolute atomic E-state index is 0.0315. The number of ether oxygens (including phenoxy) is 3. The summed E-state index contributed by atoms with van der Waals surface area (Å²) in [7, 11) is 0. The Kier molecular flexibility index (Phi) is 8.62. The van der Waals surface area contributed by atoms with Crippen molar-refractivity contribution in [3.05, 3.63) is 29.8 Å². The summed E-state index contributed by atoms with van der Waals surface area (Å²) in [5.74, 6) is -2.50. The van der Waals surface area contributed by atoms with Crippen LogP contribution in [-0.2, 0) is 23.8 Å². The molecule has 0 saturated heterocycles. The van der Waals surface area contributed by atoms with E-state index in [-0.39, 0.29) is 31.1 Å². The smallest absolute Gasteiger partial charge is 0.340 e. The third kappa shape index (κ3) is 6.08. The summed E-state index contributed by atoms with van der Waals surface area (Å²) in [5, 5.41) is 4.59. The van der Waals surface area contributed by atoms with Gasteiger partial charge >= 0.3 is 23.9 Å². The highest BCUT2D eigenvalue weighted by Gasteiger charge is 2.31. The van der Waals surface area contributed by atoms with Crippen LogP contribution in [0, 0.1) is 0 Å². The van der Waals surface area contributed by atoms with Gasteiger partial charge in [0.05, 0.1) is 31.1 Å². The van der Waals surface area contributed by atoms with Crippen LogP contribution in [0.3, 0.4) is 0 Å². The lowest BCUT2D eigenvalue weighted by molar-refractivity contribution is -0.157. The Morgan fingerprint density at radius 3 is 1.96 bits per heavy atom. The second kappa shape index (κ2) is 10.7. The molecular weight excluding hydrogens is 344 g/mol. The number of carbonyl (C=O) groups excluding carboxylic acids is 4. The number of benzene rings is 1. The van der Waals surface area contributed by atoms with E-state index in [1.54, 1.807) is 32.9 Å². The molecule has 0 aliphatic heterocycles. The average molecular weight is 366 g/mol. The lowest BCUT2D eigenvalue weighted by Gasteiger charge is -2.17. The van der Waals surface area contributed by atoms with Gasteiger partial charge in [-0.25, -0.2) is 19.2 Å². The lowest BCUT2D eigenvalue weighted by Crippen LogP contribution is -2.49. The first-order valence-electron chi connectivity index (χ1n) is 8.11. The maximum atomic E-state index is 12.2. The van der Waals surface area contributed by atoms with Crippen molar-refractivity contribution in [2.75, 3.05) is 25.1 Å². The first-order valence-corrected chi connectivity index (χ1v) is 8.11. The molecule has 0 spiro atoms. The van der Waals surface area contributed by atoms with Crippen molar-refractivity contribution in [1.82, 2.24) is 5.32 Å². The number of esters is 3. The SMILES string of the molecule is CCOC(=O)c1ccccc1NC(=O)NC(C(=O)OCC)C(=O)OCC. The van der Waals surface area contributed by atoms with E-state index < -0.39 is 30.0 Å². The van der Waals surface area contributed by atoms with Gasteiger partial charge in [0.2, 0.25) is 6.04 Å². The van der Waals surface area contributed by atoms with Crippen molar-refractivity contribution < 1.29 is 33.4 Å². The lowest BCUT2D eigenvalue weighted by atomic mass is 10.2. The number of hydrogen-bond donors (Lipinski definition) is 2. The van der Waals surface area contributed by atoms with Crippen LogP contribution < -0.4 is 10.6 Å². The molecule has 26 heavy (non-hydrogen) atoms. The van der Waals surface area contributed by atoms with E-state index in [2.05, 4.69) is 10.6 Å². The molecule has 2 N–H and O–H groups in total. The van der Waals surface area contributed by atoms with E-state index in [9.17, 15) is 19.2 Å². The number of amides is 2. The van der Waals surface area contributed by atoms with Gasteiger partial charge < -0.3 is 24.8 Å². The molecule has 142 valence electrons. The zero-order chi connectivity index (χ0) is 19.5. The van der Waals surface area contributed by atoms with Gasteiger partial charge in [-0.05, 0) is 32.9 Å². The highest BCUT2D eigenvalue weighted by atomic mass is 16.6. The van der Waals surface area contributed by atoms with E-state index in [0.717, 1.165) is 0 Å². The molecule has 9 nitrogen and oxygen atoms in total. The molecule has 2 amide bonds. The molecule has 1 rings (SSSR count). The molecule has 1 aromatic rings. The van der Waals surface area contributed by atoms with Crippen LogP contribution in [0.2, 0.25) is 0 Å². The maximum absolute atomic E-state index is 12.2. The van der Waals surface area contributed by atoms with Crippen LogP contribution in [0.15, 0.2) is 24.3 Å². The average Bonchev–Trinajstić information content (AvgIpc) is 2.60. The van der Waals surface area contributed by atoms with Gasteiger partial charge in [-0.2, -0.15) is 0 Å². The minimum atomic E-state index is -1.62. The number of para-hydroxylation sites is 1. The second-order valence-electron chi connectivity index (χ2n) is 4.80. The second-order valence-corrected chi connectivity index (χ2v) is 4.80. The van der Waals surface area contributed by atoms with Crippen molar-refractivity contribution in [2.45, 2.75) is 26.8 Å². The van der Waals surface area contributed by atoms with E-state index in [1.165, 1.54) is 12.1 Å². The molecule has 0 unspecified atom stereocenters. The summed E-state index contributed by atoms with van der Waals surface area (Å²) >= 11 is 0. The first kappa shape index (κ1) is 20.9. The molecule has 0 aliphatic carbocycles. The van der Waals surface area contributed by atoms with E-state index in [4.69, 9.17) is 14.2 Å². The fraction of sp³-hybridized carbons (Fsp3) is 0.412. The predicted octanol–water partition coefficient (Wildman–Crippen LogP) is 1.48. The molecule has 0 aromatic heterocycles. The molecule has 1 aromatic carbocycles. The van der Waals surface area contributed by atoms with Gasteiger partial charge in [-0.3, -0.25) is 0 Å². The zero-order valence-corrected chi connectivity index (χ0v) is 14.9. The van der Waals surface area contributed by atoms with Gasteiger partial charge in [0.25, 0.3) is 0 Å². The molecular formula is C17H22N2O7. The van der Waals surface area contributed by atoms with Crippen molar-refractivity contribution in [3.8, 4) is 0 Å². The van der Waals surface area contributed by atoms with Crippen molar-refractivity contribution in [1.29, 1.82) is 0 Å². The molecule has 0 saturated carbocycles. The highest BCUT2D eigenvalue weighted by molar-refractivity contribution is 6.06. The first-order chi connectivity index (χ1) is 12.4. The maximum Gasteiger partial charge on any atom is 0.340 e. The molecule has 0 bridgehead atoms. The van der Waals surface area contributed by atoms with Crippen LogP contribution in [0.5, 0.6) is 0 Å². The molecule has 0 atom stereocenters. The number of rotatable bonds is 8. The molecule has 9 heteroatoms. The summed E-state index contributed by atoms with van der Waals surface area (Å²) < 4.78 is 14.4. The van der Waals surface area contributed by atoms with Crippen molar-refractivity contribution >= 4 is 29.6 Å². The van der Waals surface area contributed by atoms with Crippen molar-refractivity contribution in [2.24, 2.45) is 0 Å². The van der Waals surface area contributed by atoms with Gasteiger partial charge in [-0.15, -0.1) is 0 Å². The van der Waals surface area contributed by atoms with E-state index >= 15 is 0 Å². The molecule has 0 radical (unpaired) electrons. The van der Waals surface area contributed by atoms with Gasteiger partial charge in [0.1, 0.15) is 0 Å². The summed E-state index contributed by atoms with van der Waals surface area (Å²) in [4.78, 5) is 47.8. The Hall–Kier alpha value is -3.10. The Morgan fingerprint density at radius 1 is 0.885 bits per heavy atom. The van der Waals surface area contributed by atoms with Crippen LogP contribution in [0.1, 0.15) is 31.1 Å². The Bertz CT molecular complexity index is 642. The van der Waals surface area contributed by atoms with Crippen LogP contribution >= 0.6 is 0 Å². The van der Waals surface area contributed by atoms with Gasteiger partial charge in [0.15, 0.2) is 0 Å². The number of hydrogen-bond acceptors (Lipinski definition) is 7. The molecule has 0 heterocycles. The number of urea groups is 1. The summed E-state index contributed by atoms with van der Waals surface area (Å²) in [6.45, 7) is 5.02. The zero-order valence-electron chi connectivity index (χ0n) is 14.9. The Balaban J connectivity index is 2.90. The van der Waals surface area contributed by atoms with Gasteiger partial charge in [0, 0.05) is 0 Å². The summed E-state index contributed by atoms with van der Waals surface area (Å²) in [6, 6.07) is 3.66. The van der Waals surface area contributed by atoms with Gasteiger partial charge in [-0.1, -0.05) is 12.1 Å². The van der Waals surface area contributed by atoms with E-state index in [0.29, 0.717) is 0 Å². The summed E-state index contributed by atoms with van der Waals surface area (Å²) in [5.41, 5.74) is 0.295. The van der Waals surface area contributed by atoms with E-state index in [1.807, 2.05) is 0 Å². The van der Waals surface area contributed by atoms with Crippen molar-refractivity contribution in [3.63, 3.8) is 0 Å². The fourth-order valence-electron chi connectivity index (χ4n) is 1.93. The topological polar surface area (TPSA) is 120 Å². The Morgan fingerprint density at radius 2 is 1.42 bits per heavy atom. The monoisotopic (exact) mass is 366 g/mol. The fourth-order valence-corrected chi connectivity index (χ4v) is 1.93. The standard InChI is InChI=1S/C17H22N2O7/c1-4-24-14(20)11-9-7-8-10-12(11)18-17(23)19-13(15(21)25-5-2)16(22)26-6-3/h7-10,13H,4-6H2,1-3H3,(H2,18,19,23). The Labute approximate surface area is 151 Å². The minimum Gasteiger partial charge on any atom is -0.464 e. The van der Waals surface area contributed by atoms with Crippen LogP contribution in [-0.4, -0.2) is 49.8 Å². The number of anilines is 1. The normalized spacial score (nSPS) is 10.0. The third-order valence-corrected chi connectivity index (χ3v) is 2.99. The molecule has 0 aliphatic rings. The largest absolute Gasteiger partial charge is 0.464 e. The quantitative estimate of drug-likeness (QED) is 0.406. The van der Waals surface area contributed by atoms with Crippen LogP contribution in [0.4, 0.5) is 10.5 Å². The van der Waals surface area contributed by atoms with Crippen LogP contribution in [0.25, 0.3) is 0 Å². The predicted molar refractivity (Wildman–Crippen MR) is 91.6 cm³/mol. The number of nitrogens with one attached hydrogen (secondary N) is 2.